The Morgan fingerprint density at radius 3 is 2.18 bits per heavy atom. The van der Waals surface area contributed by atoms with Gasteiger partial charge in [0, 0.05) is 21.2 Å². The summed E-state index contributed by atoms with van der Waals surface area (Å²) in [6.45, 7) is 1.68. The van der Waals surface area contributed by atoms with Crippen LogP contribution < -0.4 is 4.72 Å². The normalized spacial score (nSPS) is 11.8. The predicted molar refractivity (Wildman–Crippen MR) is 128 cm³/mol. The van der Waals surface area contributed by atoms with Crippen molar-refractivity contribution in [2.24, 2.45) is 0 Å². The monoisotopic (exact) mass is 527 g/mol. The molecule has 0 amide bonds. The zero-order chi connectivity index (χ0) is 24.9. The molecule has 34 heavy (non-hydrogen) atoms. The second-order valence-corrected chi connectivity index (χ2v) is 10.9. The molecule has 11 heteroatoms. The Balaban J connectivity index is 1.63. The Bertz CT molecular complexity index is 1260. The van der Waals surface area contributed by atoms with Gasteiger partial charge < -0.3 is 4.74 Å². The molecule has 0 aliphatic heterocycles. The lowest BCUT2D eigenvalue weighted by molar-refractivity contribution is -0.0328. The number of hydrogen-bond donors (Lipinski definition) is 1. The summed E-state index contributed by atoms with van der Waals surface area (Å²) in [5.74, 6) is -0.0773. The zero-order valence-electron chi connectivity index (χ0n) is 18.0. The lowest BCUT2D eigenvalue weighted by Crippen LogP contribution is -2.14. The number of ether oxygens (including phenoxy) is 1. The van der Waals surface area contributed by atoms with Gasteiger partial charge in [0.15, 0.2) is 0 Å². The van der Waals surface area contributed by atoms with E-state index >= 15 is 0 Å². The fraction of sp³-hybridized carbons (Fsp3) is 0.174. The second-order valence-electron chi connectivity index (χ2n) is 7.08. The van der Waals surface area contributed by atoms with Crippen LogP contribution in [0.25, 0.3) is 0 Å². The van der Waals surface area contributed by atoms with E-state index in [1.54, 1.807) is 43.3 Å². The summed E-state index contributed by atoms with van der Waals surface area (Å²) in [5, 5.41) is 0. The number of sulfonamides is 1. The van der Waals surface area contributed by atoms with E-state index in [4.69, 9.17) is 4.74 Å². The highest BCUT2D eigenvalue weighted by Gasteiger charge is 2.29. The molecule has 0 aromatic heterocycles. The largest absolute Gasteiger partial charge is 0.465 e. The Morgan fingerprint density at radius 1 is 0.971 bits per heavy atom. The van der Waals surface area contributed by atoms with E-state index in [1.807, 2.05) is 0 Å². The minimum Gasteiger partial charge on any atom is -0.465 e. The van der Waals surface area contributed by atoms with Crippen LogP contribution in [0.2, 0.25) is 0 Å². The number of methoxy groups -OCH3 is 1. The van der Waals surface area contributed by atoms with E-state index in [1.165, 1.54) is 49.2 Å². The molecule has 0 saturated heterocycles. The number of hydrogen-bond acceptors (Lipinski definition) is 6. The third-order valence-corrected chi connectivity index (χ3v) is 7.80. The number of aryl methyl sites for hydroxylation is 1. The van der Waals surface area contributed by atoms with E-state index in [9.17, 15) is 26.4 Å². The summed E-state index contributed by atoms with van der Waals surface area (Å²) in [7, 11) is -2.70. The molecular weight excluding hydrogens is 507 g/mol. The number of benzene rings is 3. The first-order valence-electron chi connectivity index (χ1n) is 9.76. The van der Waals surface area contributed by atoms with Crippen molar-refractivity contribution in [3.63, 3.8) is 0 Å². The van der Waals surface area contributed by atoms with Crippen molar-refractivity contribution in [1.29, 1.82) is 0 Å². The van der Waals surface area contributed by atoms with Gasteiger partial charge in [0.1, 0.15) is 0 Å². The number of carbonyl (C=O) groups excluding carboxylic acids is 1. The van der Waals surface area contributed by atoms with E-state index < -0.39 is 21.5 Å². The molecule has 5 nitrogen and oxygen atoms in total. The molecule has 0 bridgehead atoms. The number of thioether (sulfide) groups is 2. The van der Waals surface area contributed by atoms with Crippen LogP contribution in [0.3, 0.4) is 0 Å². The number of halogens is 3. The Hall–Kier alpha value is -2.63. The molecule has 0 heterocycles. The highest BCUT2D eigenvalue weighted by Crippen LogP contribution is 2.37. The van der Waals surface area contributed by atoms with Crippen molar-refractivity contribution in [2.45, 2.75) is 32.9 Å². The minimum atomic E-state index is -4.32. The average Bonchev–Trinajstić information content (AvgIpc) is 2.78. The SMILES string of the molecule is COC(=O)c1cc(S(=O)(=O)Nc2ccc(SCc3ccc(SC(F)(F)F)cc3)cc2)ccc1C. The smallest absolute Gasteiger partial charge is 0.446 e. The molecule has 0 aliphatic rings. The molecule has 1 N–H and O–H groups in total. The van der Waals surface area contributed by atoms with Gasteiger partial charge in [0.05, 0.1) is 17.6 Å². The molecule has 3 rings (SSSR count). The number of carbonyl (C=O) groups is 1. The summed E-state index contributed by atoms with van der Waals surface area (Å²) >= 11 is 1.31. The molecule has 180 valence electrons. The molecule has 0 unspecified atom stereocenters. The van der Waals surface area contributed by atoms with Crippen LogP contribution in [0.5, 0.6) is 0 Å². The summed E-state index contributed by atoms with van der Waals surface area (Å²) in [4.78, 5) is 12.8. The zero-order valence-corrected chi connectivity index (χ0v) is 20.5. The van der Waals surface area contributed by atoms with E-state index in [-0.39, 0.29) is 27.1 Å². The Kier molecular flexibility index (Phi) is 8.21. The van der Waals surface area contributed by atoms with Crippen LogP contribution in [-0.2, 0) is 20.5 Å². The van der Waals surface area contributed by atoms with Crippen LogP contribution in [0.1, 0.15) is 21.5 Å². The number of nitrogens with one attached hydrogen (secondary N) is 1. The third-order valence-electron chi connectivity index (χ3n) is 4.59. The number of alkyl halides is 3. The summed E-state index contributed by atoms with van der Waals surface area (Å²) in [5.41, 5.74) is -2.34. The second kappa shape index (κ2) is 10.7. The first kappa shape index (κ1) is 26.0. The van der Waals surface area contributed by atoms with Crippen molar-refractivity contribution in [3.05, 3.63) is 83.4 Å². The first-order valence-corrected chi connectivity index (χ1v) is 13.0. The fourth-order valence-electron chi connectivity index (χ4n) is 2.89. The van der Waals surface area contributed by atoms with Gasteiger partial charge >= 0.3 is 11.5 Å². The van der Waals surface area contributed by atoms with E-state index in [0.717, 1.165) is 10.5 Å². The molecule has 3 aromatic carbocycles. The standard InChI is InChI=1S/C23H20F3NO4S3/c1-15-3-12-20(13-21(15)22(28)31-2)34(29,30)27-17-6-10-18(11-7-17)32-14-16-4-8-19(9-5-16)33-23(24,25)26/h3-13,27H,14H2,1-2H3. The van der Waals surface area contributed by atoms with Gasteiger partial charge in [-0.3, -0.25) is 4.72 Å². The first-order chi connectivity index (χ1) is 16.0. The molecule has 0 spiro atoms. The number of rotatable bonds is 8. The molecule has 0 aliphatic carbocycles. The quantitative estimate of drug-likeness (QED) is 0.267. The van der Waals surface area contributed by atoms with Crippen molar-refractivity contribution in [3.8, 4) is 0 Å². The van der Waals surface area contributed by atoms with Gasteiger partial charge in [-0.1, -0.05) is 18.2 Å². The van der Waals surface area contributed by atoms with Gasteiger partial charge in [-0.25, -0.2) is 13.2 Å². The van der Waals surface area contributed by atoms with Crippen LogP contribution in [0.4, 0.5) is 18.9 Å². The third kappa shape index (κ3) is 7.18. The topological polar surface area (TPSA) is 72.5 Å². The van der Waals surface area contributed by atoms with Gasteiger partial charge in [-0.15, -0.1) is 11.8 Å². The summed E-state index contributed by atoms with van der Waals surface area (Å²) < 4.78 is 69.9. The van der Waals surface area contributed by atoms with Gasteiger partial charge in [-0.05, 0) is 78.3 Å². The number of esters is 1. The van der Waals surface area contributed by atoms with Crippen LogP contribution in [0.15, 0.2) is 81.4 Å². The average molecular weight is 528 g/mol. The molecule has 0 saturated carbocycles. The fourth-order valence-corrected chi connectivity index (χ4v) is 5.36. The molecule has 0 atom stereocenters. The van der Waals surface area contributed by atoms with Crippen LogP contribution in [-0.4, -0.2) is 27.0 Å². The molecular formula is C23H20F3NO4S3. The van der Waals surface area contributed by atoms with E-state index in [0.29, 0.717) is 17.0 Å². The lowest BCUT2D eigenvalue weighted by atomic mass is 10.1. The Labute approximate surface area is 204 Å². The number of anilines is 1. The van der Waals surface area contributed by atoms with Crippen molar-refractivity contribution in [1.82, 2.24) is 0 Å². The Morgan fingerprint density at radius 2 is 1.59 bits per heavy atom. The summed E-state index contributed by atoms with van der Waals surface area (Å²) in [6.07, 6.45) is 0. The predicted octanol–water partition coefficient (Wildman–Crippen LogP) is 6.49. The van der Waals surface area contributed by atoms with Crippen molar-refractivity contribution >= 4 is 45.2 Å². The van der Waals surface area contributed by atoms with Crippen molar-refractivity contribution < 1.29 is 31.1 Å². The summed E-state index contributed by atoms with van der Waals surface area (Å²) in [6, 6.07) is 17.1. The minimum absolute atomic E-state index is 0.0657. The van der Waals surface area contributed by atoms with Gasteiger partial charge in [0.25, 0.3) is 10.0 Å². The van der Waals surface area contributed by atoms with Crippen LogP contribution in [0, 0.1) is 6.92 Å². The lowest BCUT2D eigenvalue weighted by Gasteiger charge is -2.11. The molecule has 3 aromatic rings. The van der Waals surface area contributed by atoms with E-state index in [2.05, 4.69) is 4.72 Å². The molecule has 0 radical (unpaired) electrons. The maximum absolute atomic E-state index is 12.7. The maximum Gasteiger partial charge on any atom is 0.446 e. The highest BCUT2D eigenvalue weighted by molar-refractivity contribution is 8.00. The van der Waals surface area contributed by atoms with Gasteiger partial charge in [0.2, 0.25) is 0 Å². The van der Waals surface area contributed by atoms with Gasteiger partial charge in [-0.2, -0.15) is 13.2 Å². The van der Waals surface area contributed by atoms with Crippen molar-refractivity contribution in [2.75, 3.05) is 11.8 Å². The molecule has 0 fully saturated rings. The maximum atomic E-state index is 12.7. The van der Waals surface area contributed by atoms with Crippen LogP contribution >= 0.6 is 23.5 Å². The highest BCUT2D eigenvalue weighted by atomic mass is 32.2.